The molecule has 4 nitrogen and oxygen atoms in total. The Balaban J connectivity index is 1.35. The van der Waals surface area contributed by atoms with Crippen LogP contribution in [-0.2, 0) is 11.3 Å². The molecule has 0 aromatic heterocycles. The Morgan fingerprint density at radius 1 is 1.04 bits per heavy atom. The van der Waals surface area contributed by atoms with E-state index in [1.54, 1.807) is 0 Å². The smallest absolute Gasteiger partial charge is 0.223 e. The number of carbonyl (C=O) groups excluding carboxylic acids is 1. The van der Waals surface area contributed by atoms with Crippen LogP contribution in [0, 0.1) is 17.6 Å². The predicted molar refractivity (Wildman–Crippen MR) is 102 cm³/mol. The van der Waals surface area contributed by atoms with Crippen LogP contribution in [0.15, 0.2) is 48.5 Å². The number of amides is 1. The van der Waals surface area contributed by atoms with Gasteiger partial charge in [-0.1, -0.05) is 30.3 Å². The molecule has 0 bridgehead atoms. The van der Waals surface area contributed by atoms with Gasteiger partial charge in [-0.2, -0.15) is 0 Å². The van der Waals surface area contributed by atoms with Crippen molar-refractivity contribution in [3.05, 3.63) is 65.7 Å². The Morgan fingerprint density at radius 2 is 1.70 bits per heavy atom. The number of nitrogens with zero attached hydrogens (tertiary/aromatic N) is 1. The fourth-order valence-corrected chi connectivity index (χ4v) is 3.36. The Bertz CT molecular complexity index is 726. The predicted octanol–water partition coefficient (Wildman–Crippen LogP) is 3.41. The van der Waals surface area contributed by atoms with Crippen LogP contribution in [0.5, 0.6) is 0 Å². The fraction of sp³-hybridized carbons (Fsp3) is 0.381. The van der Waals surface area contributed by atoms with Crippen molar-refractivity contribution in [2.45, 2.75) is 19.4 Å². The van der Waals surface area contributed by atoms with Gasteiger partial charge < -0.3 is 15.5 Å². The average molecular weight is 373 g/mol. The third-order valence-electron chi connectivity index (χ3n) is 4.89. The van der Waals surface area contributed by atoms with E-state index in [9.17, 15) is 13.6 Å². The summed E-state index contributed by atoms with van der Waals surface area (Å²) >= 11 is 0. The molecular formula is C21H25F2N3O. The third kappa shape index (κ3) is 6.03. The molecule has 1 amide bonds. The van der Waals surface area contributed by atoms with Crippen LogP contribution in [0.2, 0.25) is 0 Å². The molecule has 1 saturated heterocycles. The Morgan fingerprint density at radius 3 is 2.37 bits per heavy atom. The summed E-state index contributed by atoms with van der Waals surface area (Å²) in [6.07, 6.45) is 1.66. The van der Waals surface area contributed by atoms with Crippen molar-refractivity contribution in [3.63, 3.8) is 0 Å². The normalized spacial score (nSPS) is 15.5. The Labute approximate surface area is 158 Å². The van der Waals surface area contributed by atoms with E-state index in [1.807, 2.05) is 30.3 Å². The van der Waals surface area contributed by atoms with E-state index in [0.717, 1.165) is 44.1 Å². The number of likely N-dealkylation sites (tertiary alicyclic amines) is 1. The van der Waals surface area contributed by atoms with Crippen LogP contribution in [-0.4, -0.2) is 37.0 Å². The minimum absolute atomic E-state index is 0.0511. The lowest BCUT2D eigenvalue weighted by molar-refractivity contribution is -0.126. The molecule has 0 radical (unpaired) electrons. The lowest BCUT2D eigenvalue weighted by Crippen LogP contribution is -2.41. The molecule has 2 N–H and O–H groups in total. The SMILES string of the molecule is O=C(NCc1ccccc1)C1CCN(CCNc2cc(F)cc(F)c2)CC1. The number of rotatable bonds is 7. The van der Waals surface area contributed by atoms with Crippen LogP contribution >= 0.6 is 0 Å². The minimum atomic E-state index is -0.583. The first-order chi connectivity index (χ1) is 13.1. The largest absolute Gasteiger partial charge is 0.384 e. The van der Waals surface area contributed by atoms with Crippen molar-refractivity contribution >= 4 is 11.6 Å². The number of nitrogens with one attached hydrogen (secondary N) is 2. The van der Waals surface area contributed by atoms with E-state index in [0.29, 0.717) is 18.8 Å². The standard InChI is InChI=1S/C21H25F2N3O/c22-18-12-19(23)14-20(13-18)24-8-11-26-9-6-17(7-10-26)21(27)25-15-16-4-2-1-3-5-16/h1-5,12-14,17,24H,6-11,15H2,(H,25,27). The number of benzene rings is 2. The van der Waals surface area contributed by atoms with Crippen molar-refractivity contribution in [1.82, 2.24) is 10.2 Å². The van der Waals surface area contributed by atoms with Crippen molar-refractivity contribution in [1.29, 1.82) is 0 Å². The van der Waals surface area contributed by atoms with Gasteiger partial charge in [0.05, 0.1) is 0 Å². The zero-order chi connectivity index (χ0) is 19.1. The zero-order valence-electron chi connectivity index (χ0n) is 15.3. The highest BCUT2D eigenvalue weighted by molar-refractivity contribution is 5.78. The summed E-state index contributed by atoms with van der Waals surface area (Å²) in [7, 11) is 0. The maximum absolute atomic E-state index is 13.2. The molecule has 3 rings (SSSR count). The lowest BCUT2D eigenvalue weighted by Gasteiger charge is -2.31. The zero-order valence-corrected chi connectivity index (χ0v) is 15.3. The molecule has 1 aliphatic heterocycles. The molecule has 1 heterocycles. The number of hydrogen-bond acceptors (Lipinski definition) is 3. The maximum atomic E-state index is 13.2. The second kappa shape index (κ2) is 9.46. The molecule has 0 atom stereocenters. The lowest BCUT2D eigenvalue weighted by atomic mass is 9.96. The van der Waals surface area contributed by atoms with Gasteiger partial charge in [0.25, 0.3) is 0 Å². The average Bonchev–Trinajstić information content (AvgIpc) is 2.67. The molecule has 0 spiro atoms. The fourth-order valence-electron chi connectivity index (χ4n) is 3.36. The highest BCUT2D eigenvalue weighted by Crippen LogP contribution is 2.18. The van der Waals surface area contributed by atoms with Crippen molar-refractivity contribution in [2.24, 2.45) is 5.92 Å². The monoisotopic (exact) mass is 373 g/mol. The molecule has 0 unspecified atom stereocenters. The van der Waals surface area contributed by atoms with Crippen LogP contribution in [0.1, 0.15) is 18.4 Å². The van der Waals surface area contributed by atoms with Crippen LogP contribution in [0.4, 0.5) is 14.5 Å². The van der Waals surface area contributed by atoms with Gasteiger partial charge in [-0.3, -0.25) is 4.79 Å². The Kier molecular flexibility index (Phi) is 6.76. The summed E-state index contributed by atoms with van der Waals surface area (Å²) in [4.78, 5) is 14.6. The topological polar surface area (TPSA) is 44.4 Å². The van der Waals surface area contributed by atoms with E-state index >= 15 is 0 Å². The molecule has 0 saturated carbocycles. The van der Waals surface area contributed by atoms with Gasteiger partial charge in [0.15, 0.2) is 0 Å². The molecule has 6 heteroatoms. The first kappa shape index (κ1) is 19.3. The van der Waals surface area contributed by atoms with Gasteiger partial charge in [-0.25, -0.2) is 8.78 Å². The summed E-state index contributed by atoms with van der Waals surface area (Å²) in [6.45, 7) is 3.64. The van der Waals surface area contributed by atoms with E-state index in [4.69, 9.17) is 0 Å². The summed E-state index contributed by atoms with van der Waals surface area (Å²) in [5, 5.41) is 6.06. The summed E-state index contributed by atoms with van der Waals surface area (Å²) in [6, 6.07) is 13.3. The third-order valence-corrected chi connectivity index (χ3v) is 4.89. The molecule has 27 heavy (non-hydrogen) atoms. The second-order valence-electron chi connectivity index (χ2n) is 6.90. The van der Waals surface area contributed by atoms with Crippen LogP contribution in [0.3, 0.4) is 0 Å². The quantitative estimate of drug-likeness (QED) is 0.782. The van der Waals surface area contributed by atoms with Crippen LogP contribution in [0.25, 0.3) is 0 Å². The number of hydrogen-bond donors (Lipinski definition) is 2. The molecule has 2 aromatic carbocycles. The van der Waals surface area contributed by atoms with Crippen molar-refractivity contribution in [2.75, 3.05) is 31.5 Å². The highest BCUT2D eigenvalue weighted by atomic mass is 19.1. The molecule has 1 aliphatic rings. The van der Waals surface area contributed by atoms with E-state index < -0.39 is 11.6 Å². The van der Waals surface area contributed by atoms with Gasteiger partial charge in [0.2, 0.25) is 5.91 Å². The minimum Gasteiger partial charge on any atom is -0.384 e. The maximum Gasteiger partial charge on any atom is 0.223 e. The van der Waals surface area contributed by atoms with Gasteiger partial charge in [0.1, 0.15) is 11.6 Å². The Hall–Kier alpha value is -2.47. The van der Waals surface area contributed by atoms with Crippen molar-refractivity contribution in [3.8, 4) is 0 Å². The van der Waals surface area contributed by atoms with Crippen molar-refractivity contribution < 1.29 is 13.6 Å². The highest BCUT2D eigenvalue weighted by Gasteiger charge is 2.24. The van der Waals surface area contributed by atoms with Gasteiger partial charge in [-0.05, 0) is 43.6 Å². The molecular weight excluding hydrogens is 348 g/mol. The summed E-state index contributed by atoms with van der Waals surface area (Å²) in [5.41, 5.74) is 1.55. The first-order valence-electron chi connectivity index (χ1n) is 9.34. The number of carbonyl (C=O) groups is 1. The van der Waals surface area contributed by atoms with Gasteiger partial charge in [-0.15, -0.1) is 0 Å². The molecule has 1 fully saturated rings. The number of anilines is 1. The van der Waals surface area contributed by atoms with Gasteiger partial charge >= 0.3 is 0 Å². The number of piperidine rings is 1. The van der Waals surface area contributed by atoms with E-state index in [1.165, 1.54) is 12.1 Å². The second-order valence-corrected chi connectivity index (χ2v) is 6.90. The molecule has 144 valence electrons. The van der Waals surface area contributed by atoms with Crippen LogP contribution < -0.4 is 10.6 Å². The molecule has 2 aromatic rings. The van der Waals surface area contributed by atoms with E-state index in [2.05, 4.69) is 15.5 Å². The first-order valence-corrected chi connectivity index (χ1v) is 9.34. The summed E-state index contributed by atoms with van der Waals surface area (Å²) in [5.74, 6) is -0.998. The number of halogens is 2. The van der Waals surface area contributed by atoms with Gasteiger partial charge in [0, 0.05) is 37.3 Å². The molecule has 0 aliphatic carbocycles. The van der Waals surface area contributed by atoms with E-state index in [-0.39, 0.29) is 11.8 Å². The summed E-state index contributed by atoms with van der Waals surface area (Å²) < 4.78 is 26.3.